The van der Waals surface area contributed by atoms with Gasteiger partial charge in [-0.25, -0.2) is 4.68 Å². The molecule has 3 heterocycles. The van der Waals surface area contributed by atoms with Crippen molar-refractivity contribution in [1.82, 2.24) is 20.0 Å². The van der Waals surface area contributed by atoms with Crippen LogP contribution in [0.4, 0.5) is 11.4 Å². The number of anilines is 2. The summed E-state index contributed by atoms with van der Waals surface area (Å²) in [5.74, 6) is 0. The smallest absolute Gasteiger partial charge is 0.134 e. The number of aliphatic hydroxyl groups is 1. The van der Waals surface area contributed by atoms with Crippen LogP contribution < -0.4 is 10.6 Å². The minimum atomic E-state index is -1.70. The second kappa shape index (κ2) is 10.6. The molecule has 2 aromatic heterocycles. The lowest BCUT2D eigenvalue weighted by Gasteiger charge is -2.39. The van der Waals surface area contributed by atoms with Crippen molar-refractivity contribution in [1.29, 1.82) is 5.26 Å². The summed E-state index contributed by atoms with van der Waals surface area (Å²) in [5, 5.41) is 36.4. The van der Waals surface area contributed by atoms with E-state index in [1.165, 1.54) is 6.20 Å². The molecule has 4 aromatic rings. The van der Waals surface area contributed by atoms with Gasteiger partial charge in [0.25, 0.3) is 0 Å². The van der Waals surface area contributed by atoms with E-state index in [9.17, 15) is 11.7 Å². The van der Waals surface area contributed by atoms with Gasteiger partial charge in [-0.1, -0.05) is 67.4 Å². The molecule has 0 radical (unpaired) electrons. The summed E-state index contributed by atoms with van der Waals surface area (Å²) >= 11 is 13.3. The molecule has 0 saturated carbocycles. The molecule has 11 heteroatoms. The molecule has 1 saturated heterocycles. The highest BCUT2D eigenvalue weighted by molar-refractivity contribution is 6.36. The first-order valence-electron chi connectivity index (χ1n) is 12.9. The fourth-order valence-corrected chi connectivity index (χ4v) is 4.78. The SMILES string of the molecule is [2H]C(Nc1cc(Cl)c2ncc(C#N)c(NCC(C)(C)C)c2c1)(c1cn(C2(CO)COC2)nn1)c1ccccc1Cl. The molecule has 0 spiro atoms. The fraction of sp³-hybridized carbons (Fsp3) is 0.357. The molecule has 1 aliphatic heterocycles. The van der Waals surface area contributed by atoms with E-state index < -0.39 is 11.6 Å². The van der Waals surface area contributed by atoms with Gasteiger partial charge in [0.2, 0.25) is 0 Å². The van der Waals surface area contributed by atoms with Crippen LogP contribution in [0.3, 0.4) is 0 Å². The summed E-state index contributed by atoms with van der Waals surface area (Å²) in [5.41, 5.74) is 1.93. The van der Waals surface area contributed by atoms with Crippen molar-refractivity contribution in [2.75, 3.05) is 37.0 Å². The number of aliphatic hydroxyl groups excluding tert-OH is 1. The lowest BCUT2D eigenvalue weighted by molar-refractivity contribution is -0.130. The number of fused-ring (bicyclic) bond motifs is 1. The third-order valence-corrected chi connectivity index (χ3v) is 7.14. The highest BCUT2D eigenvalue weighted by Gasteiger charge is 2.41. The van der Waals surface area contributed by atoms with Gasteiger partial charge in [0.15, 0.2) is 0 Å². The van der Waals surface area contributed by atoms with Crippen LogP contribution in [0.25, 0.3) is 10.9 Å². The number of rotatable bonds is 8. The minimum absolute atomic E-state index is 0.0500. The third kappa shape index (κ3) is 5.38. The number of nitrogens with zero attached hydrogens (tertiary/aromatic N) is 5. The largest absolute Gasteiger partial charge is 0.394 e. The van der Waals surface area contributed by atoms with Gasteiger partial charge in [-0.3, -0.25) is 4.98 Å². The Morgan fingerprint density at radius 1 is 1.26 bits per heavy atom. The van der Waals surface area contributed by atoms with Crippen molar-refractivity contribution in [2.45, 2.75) is 32.3 Å². The van der Waals surface area contributed by atoms with Crippen LogP contribution in [0, 0.1) is 16.7 Å². The van der Waals surface area contributed by atoms with Gasteiger partial charge in [0.05, 0.1) is 55.2 Å². The van der Waals surface area contributed by atoms with E-state index in [0.29, 0.717) is 50.0 Å². The lowest BCUT2D eigenvalue weighted by atomic mass is 9.96. The Hall–Kier alpha value is -3.42. The van der Waals surface area contributed by atoms with Gasteiger partial charge in [-0.05, 0) is 29.2 Å². The second-order valence-electron chi connectivity index (χ2n) is 10.8. The van der Waals surface area contributed by atoms with Crippen molar-refractivity contribution < 1.29 is 11.2 Å². The van der Waals surface area contributed by atoms with Crippen molar-refractivity contribution in [3.05, 3.63) is 75.7 Å². The third-order valence-electron chi connectivity index (χ3n) is 6.52. The zero-order valence-corrected chi connectivity index (χ0v) is 23.3. The van der Waals surface area contributed by atoms with Gasteiger partial charge in [-0.2, -0.15) is 5.26 Å². The van der Waals surface area contributed by atoms with Crippen LogP contribution in [-0.2, 0) is 10.3 Å². The fourth-order valence-electron chi connectivity index (χ4n) is 4.28. The van der Waals surface area contributed by atoms with Crippen molar-refractivity contribution >= 4 is 45.5 Å². The average Bonchev–Trinajstić information content (AvgIpc) is 3.38. The summed E-state index contributed by atoms with van der Waals surface area (Å²) in [6.07, 6.45) is 3.13. The van der Waals surface area contributed by atoms with E-state index in [-0.39, 0.29) is 30.9 Å². The summed E-state index contributed by atoms with van der Waals surface area (Å²) in [6.45, 7) is 7.29. The van der Waals surface area contributed by atoms with Gasteiger partial charge in [-0.15, -0.1) is 5.10 Å². The molecule has 1 aliphatic rings. The maximum Gasteiger partial charge on any atom is 0.134 e. The normalized spacial score (nSPS) is 16.6. The molecule has 202 valence electrons. The topological polar surface area (TPSA) is 121 Å². The molecule has 1 atom stereocenters. The van der Waals surface area contributed by atoms with Crippen LogP contribution in [0.2, 0.25) is 10.0 Å². The number of aromatic nitrogens is 4. The van der Waals surface area contributed by atoms with Gasteiger partial charge >= 0.3 is 0 Å². The molecule has 0 bridgehead atoms. The Kier molecular flexibility index (Phi) is 7.04. The number of pyridine rings is 1. The van der Waals surface area contributed by atoms with E-state index in [1.807, 2.05) is 0 Å². The zero-order chi connectivity index (χ0) is 28.7. The Morgan fingerprint density at radius 3 is 2.67 bits per heavy atom. The first kappa shape index (κ1) is 25.8. The monoisotopic (exact) mass is 566 g/mol. The Balaban J connectivity index is 1.64. The molecule has 1 unspecified atom stereocenters. The van der Waals surface area contributed by atoms with Crippen LogP contribution in [0.1, 0.15) is 45.0 Å². The highest BCUT2D eigenvalue weighted by Crippen LogP contribution is 2.37. The number of nitriles is 1. The Labute approximate surface area is 238 Å². The molecule has 1 fully saturated rings. The summed E-state index contributed by atoms with van der Waals surface area (Å²) in [6, 6.07) is 11.0. The Bertz CT molecular complexity index is 1610. The van der Waals surface area contributed by atoms with Crippen molar-refractivity contribution in [3.63, 3.8) is 0 Å². The number of nitrogens with one attached hydrogen (secondary N) is 2. The van der Waals surface area contributed by atoms with Gasteiger partial charge < -0.3 is 20.5 Å². The van der Waals surface area contributed by atoms with E-state index in [2.05, 4.69) is 52.8 Å². The van der Waals surface area contributed by atoms with Crippen LogP contribution >= 0.6 is 23.2 Å². The van der Waals surface area contributed by atoms with Crippen molar-refractivity contribution in [3.8, 4) is 6.07 Å². The minimum Gasteiger partial charge on any atom is -0.394 e. The number of hydrogen-bond acceptors (Lipinski definition) is 8. The quantitative estimate of drug-likeness (QED) is 0.260. The predicted octanol–water partition coefficient (Wildman–Crippen LogP) is 5.38. The molecule has 2 aromatic carbocycles. The van der Waals surface area contributed by atoms with E-state index in [1.54, 1.807) is 47.3 Å². The van der Waals surface area contributed by atoms with E-state index >= 15 is 0 Å². The van der Waals surface area contributed by atoms with Gasteiger partial charge in [0, 0.05) is 28.8 Å². The maximum atomic E-state index is 9.99. The van der Waals surface area contributed by atoms with E-state index in [0.717, 1.165) is 0 Å². The number of benzene rings is 2. The number of ether oxygens (including phenoxy) is 1. The molecule has 0 amide bonds. The summed E-state index contributed by atoms with van der Waals surface area (Å²) in [4.78, 5) is 4.43. The summed E-state index contributed by atoms with van der Waals surface area (Å²) in [7, 11) is 0. The van der Waals surface area contributed by atoms with Crippen LogP contribution in [-0.4, -0.2) is 51.4 Å². The van der Waals surface area contributed by atoms with Crippen LogP contribution in [0.5, 0.6) is 0 Å². The maximum absolute atomic E-state index is 9.99. The number of hydrogen-bond donors (Lipinski definition) is 3. The molecule has 3 N–H and O–H groups in total. The average molecular weight is 567 g/mol. The zero-order valence-electron chi connectivity index (χ0n) is 22.8. The first-order valence-corrected chi connectivity index (χ1v) is 13.2. The van der Waals surface area contributed by atoms with Crippen molar-refractivity contribution in [2.24, 2.45) is 5.41 Å². The highest BCUT2D eigenvalue weighted by atomic mass is 35.5. The second-order valence-corrected chi connectivity index (χ2v) is 11.6. The number of halogens is 2. The lowest BCUT2D eigenvalue weighted by Crippen LogP contribution is -2.54. The summed E-state index contributed by atoms with van der Waals surface area (Å²) < 4.78 is 16.5. The molecule has 5 rings (SSSR count). The van der Waals surface area contributed by atoms with Gasteiger partial charge in [0.1, 0.15) is 17.3 Å². The molecule has 39 heavy (non-hydrogen) atoms. The molecular weight excluding hydrogens is 537 g/mol. The Morgan fingerprint density at radius 2 is 2.03 bits per heavy atom. The van der Waals surface area contributed by atoms with Crippen LogP contribution in [0.15, 0.2) is 48.8 Å². The molecule has 9 nitrogen and oxygen atoms in total. The standard InChI is InChI=1S/C28H29Cl2N7O2/c1-27(2,3)13-33-24-17(10-31)11-32-25-20(24)8-18(9-22(25)30)34-26(19-6-4-5-7-21(19)29)23-12-37(36-35-23)28(14-38)15-39-16-28/h4-9,11-12,26,34,38H,13-16H2,1-3H3,(H,32,33)/i26D. The first-order chi connectivity index (χ1) is 19.0. The van der Waals surface area contributed by atoms with E-state index in [4.69, 9.17) is 27.9 Å². The predicted molar refractivity (Wildman–Crippen MR) is 152 cm³/mol. The molecular formula is C28H29Cl2N7O2. The molecule has 0 aliphatic carbocycles.